The van der Waals surface area contributed by atoms with Gasteiger partial charge in [0.1, 0.15) is 5.15 Å². The molecule has 0 radical (unpaired) electrons. The van der Waals surface area contributed by atoms with Gasteiger partial charge < -0.3 is 10.4 Å². The van der Waals surface area contributed by atoms with Gasteiger partial charge in [0.15, 0.2) is 0 Å². The van der Waals surface area contributed by atoms with E-state index < -0.39 is 11.9 Å². The van der Waals surface area contributed by atoms with Crippen molar-refractivity contribution >= 4 is 23.5 Å². The molecule has 3 rings (SSSR count). The minimum atomic E-state index is -0.797. The fraction of sp³-hybridized carbons (Fsp3) is 0.421. The van der Waals surface area contributed by atoms with Crippen LogP contribution in [0.1, 0.15) is 47.3 Å². The maximum absolute atomic E-state index is 12.7. The molecule has 0 spiro atoms. The molecular weight excluding hydrogens is 354 g/mol. The molecule has 1 aromatic heterocycles. The SMILES string of the molecule is Cc1nn(Cc2ccccc2)c(Cl)c1C(=O)N[C@H]1CCC[C@H](C(=O)O)C1. The number of carboxylic acids is 1. The second-order valence-electron chi connectivity index (χ2n) is 6.77. The Balaban J connectivity index is 1.72. The van der Waals surface area contributed by atoms with Crippen LogP contribution in [0.5, 0.6) is 0 Å². The minimum absolute atomic E-state index is 0.148. The summed E-state index contributed by atoms with van der Waals surface area (Å²) in [5.41, 5.74) is 1.97. The average molecular weight is 376 g/mol. The molecule has 1 aliphatic rings. The lowest BCUT2D eigenvalue weighted by atomic mass is 9.85. The fourth-order valence-corrected chi connectivity index (χ4v) is 3.80. The van der Waals surface area contributed by atoms with Crippen LogP contribution in [-0.2, 0) is 11.3 Å². The standard InChI is InChI=1S/C19H22ClN3O3/c1-12-16(17(20)23(22-12)11-13-6-3-2-4-7-13)18(24)21-15-9-5-8-14(10-15)19(25)26/h2-4,6-7,14-15H,5,8-11H2,1H3,(H,21,24)(H,25,26)/t14-,15-/m0/s1. The molecule has 6 nitrogen and oxygen atoms in total. The van der Waals surface area contributed by atoms with Crippen molar-refractivity contribution in [1.82, 2.24) is 15.1 Å². The molecule has 26 heavy (non-hydrogen) atoms. The maximum atomic E-state index is 12.7. The lowest BCUT2D eigenvalue weighted by Crippen LogP contribution is -2.40. The number of benzene rings is 1. The van der Waals surface area contributed by atoms with Crippen LogP contribution in [0, 0.1) is 12.8 Å². The quantitative estimate of drug-likeness (QED) is 0.840. The van der Waals surface area contributed by atoms with Crippen LogP contribution in [-0.4, -0.2) is 32.8 Å². The molecule has 1 aliphatic carbocycles. The van der Waals surface area contributed by atoms with E-state index in [1.165, 1.54) is 0 Å². The van der Waals surface area contributed by atoms with Gasteiger partial charge >= 0.3 is 5.97 Å². The van der Waals surface area contributed by atoms with Crippen molar-refractivity contribution in [3.05, 3.63) is 52.3 Å². The van der Waals surface area contributed by atoms with Gasteiger partial charge in [-0.25, -0.2) is 4.68 Å². The number of nitrogens with zero attached hydrogens (tertiary/aromatic N) is 2. The fourth-order valence-electron chi connectivity index (χ4n) is 3.48. The smallest absolute Gasteiger partial charge is 0.306 e. The monoisotopic (exact) mass is 375 g/mol. The zero-order valence-electron chi connectivity index (χ0n) is 14.6. The molecule has 1 fully saturated rings. The summed E-state index contributed by atoms with van der Waals surface area (Å²) in [6.07, 6.45) is 2.69. The van der Waals surface area contributed by atoms with Gasteiger partial charge in [-0.15, -0.1) is 0 Å². The number of carbonyl (C=O) groups excluding carboxylic acids is 1. The van der Waals surface area contributed by atoms with Crippen molar-refractivity contribution < 1.29 is 14.7 Å². The largest absolute Gasteiger partial charge is 0.481 e. The number of rotatable bonds is 5. The average Bonchev–Trinajstić information content (AvgIpc) is 2.89. The Hall–Kier alpha value is -2.34. The molecule has 0 saturated heterocycles. The van der Waals surface area contributed by atoms with Gasteiger partial charge in [0.05, 0.1) is 23.7 Å². The minimum Gasteiger partial charge on any atom is -0.481 e. The van der Waals surface area contributed by atoms with Crippen LogP contribution in [0.4, 0.5) is 0 Å². The molecule has 0 bridgehead atoms. The summed E-state index contributed by atoms with van der Waals surface area (Å²) in [5, 5.41) is 16.8. The van der Waals surface area contributed by atoms with Crippen molar-refractivity contribution in [2.45, 2.75) is 45.2 Å². The third-order valence-electron chi connectivity index (χ3n) is 4.83. The molecule has 138 valence electrons. The van der Waals surface area contributed by atoms with E-state index in [0.717, 1.165) is 18.4 Å². The van der Waals surface area contributed by atoms with Crippen LogP contribution in [0.3, 0.4) is 0 Å². The highest BCUT2D eigenvalue weighted by atomic mass is 35.5. The lowest BCUT2D eigenvalue weighted by Gasteiger charge is -2.27. The molecule has 1 saturated carbocycles. The van der Waals surface area contributed by atoms with Gasteiger partial charge in [0.2, 0.25) is 0 Å². The van der Waals surface area contributed by atoms with E-state index in [2.05, 4.69) is 10.4 Å². The van der Waals surface area contributed by atoms with Crippen molar-refractivity contribution in [3.63, 3.8) is 0 Å². The molecule has 2 aromatic rings. The Kier molecular flexibility index (Phi) is 5.61. The van der Waals surface area contributed by atoms with Crippen molar-refractivity contribution in [2.75, 3.05) is 0 Å². The van der Waals surface area contributed by atoms with Gasteiger partial charge in [-0.2, -0.15) is 5.10 Å². The maximum Gasteiger partial charge on any atom is 0.306 e. The predicted molar refractivity (Wildman–Crippen MR) is 98.4 cm³/mol. The van der Waals surface area contributed by atoms with E-state index in [4.69, 9.17) is 11.6 Å². The number of hydrogen-bond donors (Lipinski definition) is 2. The molecule has 1 aromatic carbocycles. The zero-order chi connectivity index (χ0) is 18.7. The van der Waals surface area contributed by atoms with Gasteiger partial charge in [0, 0.05) is 6.04 Å². The summed E-state index contributed by atoms with van der Waals surface area (Å²) < 4.78 is 1.61. The van der Waals surface area contributed by atoms with E-state index in [1.54, 1.807) is 11.6 Å². The summed E-state index contributed by atoms with van der Waals surface area (Å²) in [7, 11) is 0. The summed E-state index contributed by atoms with van der Waals surface area (Å²) in [5.74, 6) is -1.48. The Labute approximate surface area is 157 Å². The molecule has 0 unspecified atom stereocenters. The molecule has 7 heteroatoms. The molecule has 0 aliphatic heterocycles. The Morgan fingerprint density at radius 2 is 2.04 bits per heavy atom. The Morgan fingerprint density at radius 1 is 1.31 bits per heavy atom. The topological polar surface area (TPSA) is 84.2 Å². The normalized spacial score (nSPS) is 19.9. The van der Waals surface area contributed by atoms with Crippen molar-refractivity contribution in [3.8, 4) is 0 Å². The number of aromatic nitrogens is 2. The highest BCUT2D eigenvalue weighted by Gasteiger charge is 2.29. The van der Waals surface area contributed by atoms with Crippen LogP contribution in [0.15, 0.2) is 30.3 Å². The number of amides is 1. The second kappa shape index (κ2) is 7.91. The van der Waals surface area contributed by atoms with Crippen molar-refractivity contribution in [2.24, 2.45) is 5.92 Å². The Bertz CT molecular complexity index is 804. The highest BCUT2D eigenvalue weighted by Crippen LogP contribution is 2.26. The summed E-state index contributed by atoms with van der Waals surface area (Å²) in [4.78, 5) is 23.9. The number of aliphatic carboxylic acids is 1. The highest BCUT2D eigenvalue weighted by molar-refractivity contribution is 6.33. The predicted octanol–water partition coefficient (Wildman–Crippen LogP) is 3.27. The summed E-state index contributed by atoms with van der Waals surface area (Å²) in [6, 6.07) is 9.62. The summed E-state index contributed by atoms with van der Waals surface area (Å²) >= 11 is 6.42. The van der Waals surface area contributed by atoms with E-state index in [9.17, 15) is 14.7 Å². The first-order valence-electron chi connectivity index (χ1n) is 8.76. The number of nitrogens with one attached hydrogen (secondary N) is 1. The van der Waals surface area contributed by atoms with Gasteiger partial charge in [-0.3, -0.25) is 9.59 Å². The van der Waals surface area contributed by atoms with Gasteiger partial charge in [-0.05, 0) is 31.7 Å². The molecule has 2 atom stereocenters. The van der Waals surface area contributed by atoms with Crippen LogP contribution in [0.25, 0.3) is 0 Å². The number of aryl methyl sites for hydroxylation is 1. The second-order valence-corrected chi connectivity index (χ2v) is 7.12. The first kappa shape index (κ1) is 18.5. The third kappa shape index (κ3) is 4.07. The van der Waals surface area contributed by atoms with E-state index in [-0.39, 0.29) is 11.9 Å². The first-order valence-corrected chi connectivity index (χ1v) is 9.14. The molecular formula is C19H22ClN3O3. The Morgan fingerprint density at radius 3 is 2.73 bits per heavy atom. The lowest BCUT2D eigenvalue weighted by molar-refractivity contribution is -0.143. The third-order valence-corrected chi connectivity index (χ3v) is 5.21. The van der Waals surface area contributed by atoms with Crippen molar-refractivity contribution in [1.29, 1.82) is 0 Å². The van der Waals surface area contributed by atoms with Crippen LogP contribution >= 0.6 is 11.6 Å². The van der Waals surface area contributed by atoms with E-state index >= 15 is 0 Å². The number of carboxylic acid groups (broad SMARTS) is 1. The van der Waals surface area contributed by atoms with Crippen LogP contribution < -0.4 is 5.32 Å². The number of carbonyl (C=O) groups is 2. The number of halogens is 1. The van der Waals surface area contributed by atoms with Crippen LogP contribution in [0.2, 0.25) is 5.15 Å². The summed E-state index contributed by atoms with van der Waals surface area (Å²) in [6.45, 7) is 2.24. The molecule has 1 amide bonds. The van der Waals surface area contributed by atoms with E-state index in [1.807, 2.05) is 30.3 Å². The van der Waals surface area contributed by atoms with Gasteiger partial charge in [-0.1, -0.05) is 48.4 Å². The van der Waals surface area contributed by atoms with Gasteiger partial charge in [0.25, 0.3) is 5.91 Å². The molecule has 2 N–H and O–H groups in total. The zero-order valence-corrected chi connectivity index (χ0v) is 15.4. The first-order chi connectivity index (χ1) is 12.5. The van der Waals surface area contributed by atoms with E-state index in [0.29, 0.717) is 35.8 Å². The number of hydrogen-bond acceptors (Lipinski definition) is 3. The molecule has 1 heterocycles.